The molecule has 2 rings (SSSR count). The highest BCUT2D eigenvalue weighted by atomic mass is 32.1. The van der Waals surface area contributed by atoms with Crippen LogP contribution >= 0.6 is 11.3 Å². The number of rotatable bonds is 1. The van der Waals surface area contributed by atoms with Crippen LogP contribution in [0.25, 0.3) is 10.1 Å². The third kappa shape index (κ3) is 1.29. The molecule has 1 aromatic carbocycles. The van der Waals surface area contributed by atoms with Gasteiger partial charge in [-0.3, -0.25) is 0 Å². The van der Waals surface area contributed by atoms with E-state index < -0.39 is 0 Å². The highest BCUT2D eigenvalue weighted by Gasteiger charge is 2.07. The van der Waals surface area contributed by atoms with Gasteiger partial charge in [0.1, 0.15) is 11.6 Å². The summed E-state index contributed by atoms with van der Waals surface area (Å²) < 4.78 is 19.3. The summed E-state index contributed by atoms with van der Waals surface area (Å²) in [6, 6.07) is 3.05. The number of benzene rings is 1. The molecule has 0 amide bonds. The van der Waals surface area contributed by atoms with Crippen molar-refractivity contribution < 1.29 is 9.13 Å². The maximum Gasteiger partial charge on any atom is 0.137 e. The van der Waals surface area contributed by atoms with Crippen LogP contribution in [0.15, 0.2) is 17.5 Å². The van der Waals surface area contributed by atoms with Crippen LogP contribution in [-0.2, 0) is 0 Å². The van der Waals surface area contributed by atoms with Crippen LogP contribution in [0.1, 0.15) is 5.56 Å². The lowest BCUT2D eigenvalue weighted by Gasteiger charge is -1.98. The first-order valence-corrected chi connectivity index (χ1v) is 4.81. The Morgan fingerprint density at radius 3 is 2.85 bits per heavy atom. The lowest BCUT2D eigenvalue weighted by Crippen LogP contribution is -1.82. The van der Waals surface area contributed by atoms with Crippen molar-refractivity contribution in [2.24, 2.45) is 0 Å². The predicted molar refractivity (Wildman–Crippen MR) is 53.1 cm³/mol. The molecule has 1 nitrogen and oxygen atoms in total. The number of hydrogen-bond acceptors (Lipinski definition) is 2. The van der Waals surface area contributed by atoms with E-state index in [1.807, 2.05) is 12.3 Å². The molecule has 3 heteroatoms. The third-order valence-electron chi connectivity index (χ3n) is 2.01. The number of fused-ring (bicyclic) bond motifs is 1. The number of thiophene rings is 1. The van der Waals surface area contributed by atoms with Gasteiger partial charge in [-0.15, -0.1) is 11.3 Å². The summed E-state index contributed by atoms with van der Waals surface area (Å²) in [5.74, 6) is 0.546. The van der Waals surface area contributed by atoms with Crippen molar-refractivity contribution in [3.63, 3.8) is 0 Å². The standard InChI is InChI=1S/C10H9FOS/c1-6-3-7(11)4-8-9(12-2)5-13-10(6)8/h3-5H,1-2H3. The van der Waals surface area contributed by atoms with Crippen LogP contribution in [0.3, 0.4) is 0 Å². The van der Waals surface area contributed by atoms with Gasteiger partial charge in [0.15, 0.2) is 0 Å². The van der Waals surface area contributed by atoms with Crippen molar-refractivity contribution in [2.45, 2.75) is 6.92 Å². The lowest BCUT2D eigenvalue weighted by molar-refractivity contribution is 0.421. The summed E-state index contributed by atoms with van der Waals surface area (Å²) in [6.07, 6.45) is 0. The fraction of sp³-hybridized carbons (Fsp3) is 0.200. The molecule has 0 fully saturated rings. The van der Waals surface area contributed by atoms with E-state index in [0.717, 1.165) is 21.4 Å². The molecule has 1 heterocycles. The molecule has 0 aliphatic carbocycles. The number of methoxy groups -OCH3 is 1. The van der Waals surface area contributed by atoms with Gasteiger partial charge >= 0.3 is 0 Å². The molecule has 0 saturated heterocycles. The van der Waals surface area contributed by atoms with Crippen LogP contribution in [0, 0.1) is 12.7 Å². The molecule has 13 heavy (non-hydrogen) atoms. The number of ether oxygens (including phenoxy) is 1. The van der Waals surface area contributed by atoms with Crippen LogP contribution in [0.2, 0.25) is 0 Å². The maximum atomic E-state index is 13.0. The van der Waals surface area contributed by atoms with Crippen LogP contribution in [0.4, 0.5) is 4.39 Å². The van der Waals surface area contributed by atoms with Crippen molar-refractivity contribution in [1.29, 1.82) is 0 Å². The fourth-order valence-corrected chi connectivity index (χ4v) is 2.38. The summed E-state index contributed by atoms with van der Waals surface area (Å²) in [5.41, 5.74) is 0.961. The third-order valence-corrected chi connectivity index (χ3v) is 3.12. The minimum atomic E-state index is -0.207. The Morgan fingerprint density at radius 1 is 1.38 bits per heavy atom. The molecule has 0 bridgehead atoms. The molecule has 0 unspecified atom stereocenters. The highest BCUT2D eigenvalue weighted by Crippen LogP contribution is 2.34. The number of aryl methyl sites for hydroxylation is 1. The summed E-state index contributed by atoms with van der Waals surface area (Å²) in [7, 11) is 1.60. The summed E-state index contributed by atoms with van der Waals surface area (Å²) in [5, 5.41) is 2.77. The maximum absolute atomic E-state index is 13.0. The fourth-order valence-electron chi connectivity index (χ4n) is 1.40. The highest BCUT2D eigenvalue weighted by molar-refractivity contribution is 7.17. The second-order valence-electron chi connectivity index (χ2n) is 2.90. The first-order valence-electron chi connectivity index (χ1n) is 3.93. The molecule has 0 aliphatic heterocycles. The van der Waals surface area contributed by atoms with Gasteiger partial charge in [0.25, 0.3) is 0 Å². The molecule has 1 aromatic heterocycles. The Morgan fingerprint density at radius 2 is 2.15 bits per heavy atom. The average molecular weight is 196 g/mol. The Labute approximate surface area is 79.8 Å². The first-order chi connectivity index (χ1) is 6.22. The largest absolute Gasteiger partial charge is 0.495 e. The first kappa shape index (κ1) is 8.51. The molecule has 2 aromatic rings. The van der Waals surface area contributed by atoms with Crippen molar-refractivity contribution in [3.05, 3.63) is 28.9 Å². The Balaban J connectivity index is 2.82. The zero-order chi connectivity index (χ0) is 9.42. The molecule has 68 valence electrons. The zero-order valence-electron chi connectivity index (χ0n) is 7.43. The van der Waals surface area contributed by atoms with Gasteiger partial charge < -0.3 is 4.74 Å². The number of hydrogen-bond donors (Lipinski definition) is 0. The van der Waals surface area contributed by atoms with Crippen molar-refractivity contribution in [1.82, 2.24) is 0 Å². The van der Waals surface area contributed by atoms with E-state index in [0.29, 0.717) is 0 Å². The van der Waals surface area contributed by atoms with Gasteiger partial charge in [-0.05, 0) is 24.6 Å². The topological polar surface area (TPSA) is 9.23 Å². The van der Waals surface area contributed by atoms with Gasteiger partial charge in [0.2, 0.25) is 0 Å². The van der Waals surface area contributed by atoms with Crippen molar-refractivity contribution in [2.75, 3.05) is 7.11 Å². The minimum absolute atomic E-state index is 0.207. The van der Waals surface area contributed by atoms with E-state index in [1.165, 1.54) is 12.1 Å². The molecular formula is C10H9FOS. The van der Waals surface area contributed by atoms with Gasteiger partial charge in [-0.25, -0.2) is 4.39 Å². The lowest BCUT2D eigenvalue weighted by atomic mass is 10.2. The Bertz CT molecular complexity index is 447. The normalized spacial score (nSPS) is 10.7. The summed E-state index contributed by atoms with van der Waals surface area (Å²) in [6.45, 7) is 1.90. The van der Waals surface area contributed by atoms with E-state index in [9.17, 15) is 4.39 Å². The van der Waals surface area contributed by atoms with Crippen molar-refractivity contribution in [3.8, 4) is 5.75 Å². The SMILES string of the molecule is COc1csc2c(C)cc(F)cc12. The van der Waals surface area contributed by atoms with Crippen LogP contribution < -0.4 is 4.74 Å². The molecule has 0 radical (unpaired) electrons. The minimum Gasteiger partial charge on any atom is -0.495 e. The Kier molecular flexibility index (Phi) is 1.96. The van der Waals surface area contributed by atoms with E-state index in [4.69, 9.17) is 4.74 Å². The summed E-state index contributed by atoms with van der Waals surface area (Å²) in [4.78, 5) is 0. The number of halogens is 1. The molecule has 0 spiro atoms. The molecule has 0 N–H and O–H groups in total. The molecule has 0 aliphatic rings. The molecule has 0 atom stereocenters. The Hall–Kier alpha value is -1.09. The molecular weight excluding hydrogens is 187 g/mol. The van der Waals surface area contributed by atoms with Crippen LogP contribution in [-0.4, -0.2) is 7.11 Å². The zero-order valence-corrected chi connectivity index (χ0v) is 8.24. The monoisotopic (exact) mass is 196 g/mol. The molecule has 0 saturated carbocycles. The summed E-state index contributed by atoms with van der Waals surface area (Å²) >= 11 is 1.58. The second kappa shape index (κ2) is 3.00. The van der Waals surface area contributed by atoms with Crippen molar-refractivity contribution >= 4 is 21.4 Å². The van der Waals surface area contributed by atoms with E-state index in [1.54, 1.807) is 18.4 Å². The average Bonchev–Trinajstić information content (AvgIpc) is 2.47. The van der Waals surface area contributed by atoms with Gasteiger partial charge in [-0.2, -0.15) is 0 Å². The van der Waals surface area contributed by atoms with Crippen LogP contribution in [0.5, 0.6) is 5.75 Å². The van der Waals surface area contributed by atoms with Gasteiger partial charge in [0.05, 0.1) is 7.11 Å². The quantitative estimate of drug-likeness (QED) is 0.679. The van der Waals surface area contributed by atoms with Gasteiger partial charge in [-0.1, -0.05) is 0 Å². The van der Waals surface area contributed by atoms with E-state index >= 15 is 0 Å². The second-order valence-corrected chi connectivity index (χ2v) is 3.78. The van der Waals surface area contributed by atoms with E-state index in [-0.39, 0.29) is 5.82 Å². The van der Waals surface area contributed by atoms with Gasteiger partial charge in [0, 0.05) is 15.5 Å². The smallest absolute Gasteiger partial charge is 0.137 e. The predicted octanol–water partition coefficient (Wildman–Crippen LogP) is 3.36. The van der Waals surface area contributed by atoms with E-state index in [2.05, 4.69) is 0 Å².